The number of benzene rings is 2. The van der Waals surface area contributed by atoms with Crippen LogP contribution >= 0.6 is 0 Å². The molecule has 3 atom stereocenters. The summed E-state index contributed by atoms with van der Waals surface area (Å²) in [4.78, 5) is 19.4. The van der Waals surface area contributed by atoms with E-state index in [0.29, 0.717) is 25.0 Å². The fourth-order valence-corrected chi connectivity index (χ4v) is 6.10. The van der Waals surface area contributed by atoms with E-state index in [1.807, 2.05) is 6.07 Å². The molecule has 36 heavy (non-hydrogen) atoms. The van der Waals surface area contributed by atoms with Crippen LogP contribution in [0.1, 0.15) is 48.9 Å². The maximum absolute atomic E-state index is 13.2. The summed E-state index contributed by atoms with van der Waals surface area (Å²) < 4.78 is 17.2. The minimum absolute atomic E-state index is 0.148. The standard InChI is InChI=1S/C30H38N2O4/c1-3-23(30-35-15-16-36-30)17-22-18-26(29(33)34-2)28-25(24-11-7-8-12-27(24)31-28)13-14-32(20-22)19-21-9-5-4-6-10-21/h4-12,22-23,26,30-31H,3,13-20H2,1-2H3/t22-,23?,26?/m1/s1. The first kappa shape index (κ1) is 25.0. The Kier molecular flexibility index (Phi) is 8.05. The lowest BCUT2D eigenvalue weighted by molar-refractivity contribution is -0.143. The van der Waals surface area contributed by atoms with E-state index in [4.69, 9.17) is 14.2 Å². The van der Waals surface area contributed by atoms with Crippen LogP contribution in [-0.4, -0.2) is 55.6 Å². The van der Waals surface area contributed by atoms with Crippen molar-refractivity contribution >= 4 is 16.9 Å². The number of hydrogen-bond acceptors (Lipinski definition) is 5. The maximum Gasteiger partial charge on any atom is 0.314 e. The van der Waals surface area contributed by atoms with Crippen molar-refractivity contribution in [3.63, 3.8) is 0 Å². The normalized spacial score (nSPS) is 22.5. The molecule has 0 aliphatic carbocycles. The molecular weight excluding hydrogens is 452 g/mol. The van der Waals surface area contributed by atoms with Gasteiger partial charge in [-0.1, -0.05) is 55.5 Å². The molecule has 3 aromatic rings. The molecule has 6 nitrogen and oxygen atoms in total. The van der Waals surface area contributed by atoms with E-state index in [2.05, 4.69) is 65.3 Å². The molecule has 0 saturated carbocycles. The van der Waals surface area contributed by atoms with E-state index in [-0.39, 0.29) is 18.2 Å². The molecule has 2 aromatic carbocycles. The highest BCUT2D eigenvalue weighted by molar-refractivity contribution is 5.88. The van der Waals surface area contributed by atoms with E-state index in [1.54, 1.807) is 0 Å². The third-order valence-corrected chi connectivity index (χ3v) is 7.89. The smallest absolute Gasteiger partial charge is 0.314 e. The Hall–Kier alpha value is -2.67. The van der Waals surface area contributed by atoms with Gasteiger partial charge in [0.25, 0.3) is 0 Å². The number of nitrogens with zero attached hydrogens (tertiary/aromatic N) is 1. The largest absolute Gasteiger partial charge is 0.469 e. The van der Waals surface area contributed by atoms with Gasteiger partial charge in [0.15, 0.2) is 6.29 Å². The van der Waals surface area contributed by atoms with Gasteiger partial charge in [0.1, 0.15) is 0 Å². The van der Waals surface area contributed by atoms with Crippen LogP contribution in [0.4, 0.5) is 0 Å². The number of nitrogens with one attached hydrogen (secondary N) is 1. The van der Waals surface area contributed by atoms with Crippen LogP contribution in [0, 0.1) is 11.8 Å². The van der Waals surface area contributed by atoms with Crippen molar-refractivity contribution in [2.24, 2.45) is 11.8 Å². The summed E-state index contributed by atoms with van der Waals surface area (Å²) in [6.45, 7) is 6.28. The second kappa shape index (κ2) is 11.6. The number of ether oxygens (including phenoxy) is 3. The third kappa shape index (κ3) is 5.51. The van der Waals surface area contributed by atoms with Crippen molar-refractivity contribution in [1.29, 1.82) is 0 Å². The van der Waals surface area contributed by atoms with E-state index in [1.165, 1.54) is 23.6 Å². The molecular formula is C30H38N2O4. The Bertz CT molecular complexity index is 1140. The molecule has 2 unspecified atom stereocenters. The van der Waals surface area contributed by atoms with Crippen LogP contribution in [0.2, 0.25) is 0 Å². The first-order chi connectivity index (χ1) is 17.7. The Morgan fingerprint density at radius 3 is 2.61 bits per heavy atom. The number of aromatic nitrogens is 1. The summed E-state index contributed by atoms with van der Waals surface area (Å²) in [5.74, 6) is 0.123. The van der Waals surface area contributed by atoms with Gasteiger partial charge < -0.3 is 19.2 Å². The molecule has 6 heteroatoms. The Balaban J connectivity index is 1.50. The molecule has 5 rings (SSSR count). The Morgan fingerprint density at radius 2 is 1.86 bits per heavy atom. The van der Waals surface area contributed by atoms with E-state index in [0.717, 1.165) is 56.5 Å². The average molecular weight is 491 g/mol. The van der Waals surface area contributed by atoms with Gasteiger partial charge in [-0.2, -0.15) is 0 Å². The van der Waals surface area contributed by atoms with Crippen molar-refractivity contribution in [1.82, 2.24) is 9.88 Å². The van der Waals surface area contributed by atoms with Gasteiger partial charge in [0, 0.05) is 42.1 Å². The minimum atomic E-state index is -0.318. The van der Waals surface area contributed by atoms with Gasteiger partial charge in [-0.15, -0.1) is 0 Å². The lowest BCUT2D eigenvalue weighted by atomic mass is 9.83. The van der Waals surface area contributed by atoms with Crippen LogP contribution in [0.5, 0.6) is 0 Å². The molecule has 3 heterocycles. The number of aromatic amines is 1. The quantitative estimate of drug-likeness (QED) is 0.457. The summed E-state index contributed by atoms with van der Waals surface area (Å²) >= 11 is 0. The molecule has 0 radical (unpaired) electrons. The monoisotopic (exact) mass is 490 g/mol. The average Bonchev–Trinajstić information content (AvgIpc) is 3.57. The zero-order valence-electron chi connectivity index (χ0n) is 21.4. The molecule has 1 fully saturated rings. The molecule has 1 N–H and O–H groups in total. The van der Waals surface area contributed by atoms with Gasteiger partial charge in [0.05, 0.1) is 26.2 Å². The highest BCUT2D eigenvalue weighted by Gasteiger charge is 2.35. The second-order valence-corrected chi connectivity index (χ2v) is 10.2. The SMILES string of the molecule is CCC(C[C@@H]1CC(C(=O)OC)c2[nH]c3ccccc3c2CCN(Cc2ccccc2)C1)C1OCCO1. The molecule has 1 saturated heterocycles. The van der Waals surface area contributed by atoms with Gasteiger partial charge in [-0.3, -0.25) is 9.69 Å². The van der Waals surface area contributed by atoms with Crippen molar-refractivity contribution < 1.29 is 19.0 Å². The highest BCUT2D eigenvalue weighted by atomic mass is 16.7. The summed E-state index contributed by atoms with van der Waals surface area (Å²) in [5.41, 5.74) is 4.67. The number of esters is 1. The minimum Gasteiger partial charge on any atom is -0.469 e. The van der Waals surface area contributed by atoms with Crippen LogP contribution in [0.3, 0.4) is 0 Å². The number of carbonyl (C=O) groups excluding carboxylic acids is 1. The maximum atomic E-state index is 13.2. The number of hydrogen-bond donors (Lipinski definition) is 1. The van der Waals surface area contributed by atoms with E-state index in [9.17, 15) is 4.79 Å². The fraction of sp³-hybridized carbons (Fsp3) is 0.500. The summed E-state index contributed by atoms with van der Waals surface area (Å²) in [6.07, 6.45) is 3.42. The van der Waals surface area contributed by atoms with E-state index >= 15 is 0 Å². The van der Waals surface area contributed by atoms with Gasteiger partial charge >= 0.3 is 5.97 Å². The topological polar surface area (TPSA) is 63.8 Å². The zero-order chi connectivity index (χ0) is 24.9. The molecule has 2 aliphatic rings. The Labute approximate surface area is 213 Å². The number of H-pyrrole nitrogens is 1. The molecule has 0 amide bonds. The van der Waals surface area contributed by atoms with Crippen LogP contribution in [0.15, 0.2) is 54.6 Å². The summed E-state index contributed by atoms with van der Waals surface area (Å²) in [6, 6.07) is 19.1. The molecule has 0 spiro atoms. The molecule has 2 aliphatic heterocycles. The lowest BCUT2D eigenvalue weighted by Crippen LogP contribution is -2.34. The van der Waals surface area contributed by atoms with E-state index < -0.39 is 0 Å². The predicted octanol–water partition coefficient (Wildman–Crippen LogP) is 5.28. The van der Waals surface area contributed by atoms with Gasteiger partial charge in [0.2, 0.25) is 0 Å². The first-order valence-corrected chi connectivity index (χ1v) is 13.3. The van der Waals surface area contributed by atoms with Gasteiger partial charge in [-0.05, 0) is 48.8 Å². The van der Waals surface area contributed by atoms with Crippen LogP contribution in [-0.2, 0) is 32.0 Å². The number of fused-ring (bicyclic) bond motifs is 3. The third-order valence-electron chi connectivity index (χ3n) is 7.89. The predicted molar refractivity (Wildman–Crippen MR) is 141 cm³/mol. The number of para-hydroxylation sites is 1. The van der Waals surface area contributed by atoms with Crippen LogP contribution in [0.25, 0.3) is 10.9 Å². The Morgan fingerprint density at radius 1 is 1.11 bits per heavy atom. The van der Waals surface area contributed by atoms with Crippen molar-refractivity contribution in [2.75, 3.05) is 33.4 Å². The highest BCUT2D eigenvalue weighted by Crippen LogP contribution is 2.37. The molecule has 192 valence electrons. The molecule has 1 aromatic heterocycles. The number of rotatable bonds is 7. The summed E-state index contributed by atoms with van der Waals surface area (Å²) in [5, 5.41) is 1.21. The lowest BCUT2D eigenvalue weighted by Gasteiger charge is -2.31. The molecule has 0 bridgehead atoms. The van der Waals surface area contributed by atoms with Crippen LogP contribution < -0.4 is 0 Å². The van der Waals surface area contributed by atoms with Crippen molar-refractivity contribution in [3.05, 3.63) is 71.4 Å². The zero-order valence-corrected chi connectivity index (χ0v) is 21.4. The number of methoxy groups -OCH3 is 1. The summed E-state index contributed by atoms with van der Waals surface area (Å²) in [7, 11) is 1.50. The second-order valence-electron chi connectivity index (χ2n) is 10.2. The van der Waals surface area contributed by atoms with Gasteiger partial charge in [-0.25, -0.2) is 0 Å². The number of carbonyl (C=O) groups is 1. The van der Waals surface area contributed by atoms with Crippen molar-refractivity contribution in [2.45, 2.75) is 51.4 Å². The fourth-order valence-electron chi connectivity index (χ4n) is 6.10. The van der Waals surface area contributed by atoms with Crippen molar-refractivity contribution in [3.8, 4) is 0 Å². The first-order valence-electron chi connectivity index (χ1n) is 13.3.